The third-order valence-corrected chi connectivity index (χ3v) is 7.70. The van der Waals surface area contributed by atoms with Crippen molar-refractivity contribution in [2.75, 3.05) is 13.2 Å². The van der Waals surface area contributed by atoms with Gasteiger partial charge in [-0.3, -0.25) is 9.59 Å². The molecule has 5 rings (SSSR count). The fraction of sp³-hybridized carbons (Fsp3) is 0.500. The zero-order valence-corrected chi connectivity index (χ0v) is 21.9. The molecule has 38 heavy (non-hydrogen) atoms. The standard InChI is InChI=1S/C28H34FN5O4/c1-14-4-9-20(38-12-17-5-6-17)23(24(14)29)26-27-25(30-13-31-26)22(16(3)32-27)28(37)34-19-8-7-18(10-15(19)2)33-21(36)11-35/h4,9,13,15,17-19,32,35H,5-8,10-12H2,1-3H3,(H,33,36)(H,34,37). The van der Waals surface area contributed by atoms with Crippen molar-refractivity contribution in [1.29, 1.82) is 0 Å². The highest BCUT2D eigenvalue weighted by atomic mass is 19.1. The van der Waals surface area contributed by atoms with E-state index in [1.165, 1.54) is 6.33 Å². The molecule has 0 aliphatic heterocycles. The molecule has 9 nitrogen and oxygen atoms in total. The minimum atomic E-state index is -0.532. The fourth-order valence-electron chi connectivity index (χ4n) is 5.34. The van der Waals surface area contributed by atoms with Crippen LogP contribution in [0, 0.1) is 31.5 Å². The number of rotatable bonds is 8. The van der Waals surface area contributed by atoms with Gasteiger partial charge in [0, 0.05) is 17.8 Å². The first kappa shape index (κ1) is 26.1. The maximum absolute atomic E-state index is 15.5. The van der Waals surface area contributed by atoms with Crippen molar-refractivity contribution in [3.63, 3.8) is 0 Å². The van der Waals surface area contributed by atoms with Crippen molar-refractivity contribution in [3.8, 4) is 17.0 Å². The molecule has 4 N–H and O–H groups in total. The molecule has 0 saturated heterocycles. The molecule has 2 amide bonds. The Hall–Kier alpha value is -3.53. The average Bonchev–Trinajstić information content (AvgIpc) is 3.66. The summed E-state index contributed by atoms with van der Waals surface area (Å²) in [4.78, 5) is 37.1. The summed E-state index contributed by atoms with van der Waals surface area (Å²) in [6, 6.07) is 3.37. The third kappa shape index (κ3) is 5.22. The number of carbonyl (C=O) groups excluding carboxylic acids is 2. The highest BCUT2D eigenvalue weighted by molar-refractivity contribution is 6.09. The van der Waals surface area contributed by atoms with Crippen molar-refractivity contribution in [2.24, 2.45) is 11.8 Å². The second-order valence-corrected chi connectivity index (χ2v) is 10.7. The van der Waals surface area contributed by atoms with E-state index in [-0.39, 0.29) is 35.4 Å². The summed E-state index contributed by atoms with van der Waals surface area (Å²) in [5.74, 6) is 0.000303. The van der Waals surface area contributed by atoms with Crippen LogP contribution in [0.2, 0.25) is 0 Å². The minimum Gasteiger partial charge on any atom is -0.492 e. The molecule has 10 heteroatoms. The monoisotopic (exact) mass is 523 g/mol. The van der Waals surface area contributed by atoms with Gasteiger partial charge < -0.3 is 25.5 Å². The number of carbonyl (C=O) groups is 2. The molecule has 3 unspecified atom stereocenters. The Morgan fingerprint density at radius 2 is 1.95 bits per heavy atom. The molecule has 2 heterocycles. The molecule has 2 aromatic heterocycles. The first-order chi connectivity index (χ1) is 18.3. The van der Waals surface area contributed by atoms with Crippen molar-refractivity contribution in [3.05, 3.63) is 41.1 Å². The summed E-state index contributed by atoms with van der Waals surface area (Å²) >= 11 is 0. The van der Waals surface area contributed by atoms with Gasteiger partial charge in [-0.2, -0.15) is 0 Å². The number of nitrogens with one attached hydrogen (secondary N) is 3. The number of ether oxygens (including phenoxy) is 1. The summed E-state index contributed by atoms with van der Waals surface area (Å²) in [6.45, 7) is 5.53. The average molecular weight is 524 g/mol. The molecular formula is C28H34FN5O4. The van der Waals surface area contributed by atoms with Crippen LogP contribution in [-0.2, 0) is 4.79 Å². The van der Waals surface area contributed by atoms with E-state index in [0.717, 1.165) is 12.8 Å². The Morgan fingerprint density at radius 3 is 2.66 bits per heavy atom. The van der Waals surface area contributed by atoms with Crippen LogP contribution >= 0.6 is 0 Å². The van der Waals surface area contributed by atoms with Gasteiger partial charge in [-0.25, -0.2) is 14.4 Å². The Balaban J connectivity index is 1.42. The SMILES string of the molecule is Cc1ccc(OCC2CC2)c(-c2ncnc3c(C(=O)NC4CCC(NC(=O)CO)CC4C)c(C)[nH]c23)c1F. The van der Waals surface area contributed by atoms with Gasteiger partial charge in [-0.1, -0.05) is 13.0 Å². The van der Waals surface area contributed by atoms with Crippen LogP contribution in [0.5, 0.6) is 5.75 Å². The maximum atomic E-state index is 15.5. The fourth-order valence-corrected chi connectivity index (χ4v) is 5.34. The van der Waals surface area contributed by atoms with Crippen LogP contribution < -0.4 is 15.4 Å². The number of hydrogen-bond donors (Lipinski definition) is 4. The van der Waals surface area contributed by atoms with Crippen LogP contribution in [0.15, 0.2) is 18.5 Å². The zero-order chi connectivity index (χ0) is 27.0. The van der Waals surface area contributed by atoms with E-state index in [1.807, 2.05) is 6.92 Å². The molecule has 202 valence electrons. The van der Waals surface area contributed by atoms with Gasteiger partial charge in [0.25, 0.3) is 5.91 Å². The summed E-state index contributed by atoms with van der Waals surface area (Å²) in [5, 5.41) is 15.0. The number of amides is 2. The smallest absolute Gasteiger partial charge is 0.255 e. The number of nitrogens with zero attached hydrogens (tertiary/aromatic N) is 2. The number of aromatic nitrogens is 3. The van der Waals surface area contributed by atoms with E-state index in [9.17, 15) is 9.59 Å². The second kappa shape index (κ2) is 10.7. The van der Waals surface area contributed by atoms with Gasteiger partial charge >= 0.3 is 0 Å². The number of fused-ring (bicyclic) bond motifs is 1. The number of H-pyrrole nitrogens is 1. The van der Waals surface area contributed by atoms with Crippen LogP contribution in [0.25, 0.3) is 22.3 Å². The van der Waals surface area contributed by atoms with Gasteiger partial charge in [-0.05, 0) is 69.4 Å². The number of benzene rings is 1. The molecule has 3 atom stereocenters. The Morgan fingerprint density at radius 1 is 1.16 bits per heavy atom. The lowest BCUT2D eigenvalue weighted by Gasteiger charge is -2.35. The van der Waals surface area contributed by atoms with E-state index in [1.54, 1.807) is 26.0 Å². The van der Waals surface area contributed by atoms with Gasteiger partial charge in [0.1, 0.15) is 35.7 Å². The molecule has 0 radical (unpaired) electrons. The highest BCUT2D eigenvalue weighted by Crippen LogP contribution is 2.39. The van der Waals surface area contributed by atoms with Crippen LogP contribution in [0.3, 0.4) is 0 Å². The van der Waals surface area contributed by atoms with E-state index >= 15 is 4.39 Å². The van der Waals surface area contributed by atoms with Gasteiger partial charge in [-0.15, -0.1) is 0 Å². The quantitative estimate of drug-likeness (QED) is 0.357. The van der Waals surface area contributed by atoms with Crippen molar-refractivity contribution in [2.45, 2.75) is 65.0 Å². The van der Waals surface area contributed by atoms with E-state index in [4.69, 9.17) is 9.84 Å². The minimum absolute atomic E-state index is 0.0246. The molecule has 0 spiro atoms. The van der Waals surface area contributed by atoms with E-state index in [2.05, 4.69) is 25.6 Å². The van der Waals surface area contributed by atoms with Gasteiger partial charge in [0.15, 0.2) is 0 Å². The van der Waals surface area contributed by atoms with Crippen molar-refractivity contribution >= 4 is 22.8 Å². The largest absolute Gasteiger partial charge is 0.492 e. The predicted molar refractivity (Wildman–Crippen MR) is 140 cm³/mol. The number of aromatic amines is 1. The Labute approximate surface area is 220 Å². The first-order valence-electron chi connectivity index (χ1n) is 13.2. The second-order valence-electron chi connectivity index (χ2n) is 10.7. The molecule has 0 bridgehead atoms. The zero-order valence-electron chi connectivity index (χ0n) is 21.9. The van der Waals surface area contributed by atoms with Gasteiger partial charge in [0.2, 0.25) is 5.91 Å². The first-order valence-corrected chi connectivity index (χ1v) is 13.2. The summed E-state index contributed by atoms with van der Waals surface area (Å²) in [5.41, 5.74) is 3.03. The molecule has 2 aliphatic rings. The van der Waals surface area contributed by atoms with Crippen LogP contribution in [0.4, 0.5) is 4.39 Å². The van der Waals surface area contributed by atoms with Gasteiger partial charge in [0.05, 0.1) is 23.3 Å². The van der Waals surface area contributed by atoms with E-state index in [0.29, 0.717) is 71.1 Å². The topological polar surface area (TPSA) is 129 Å². The number of aryl methyl sites for hydroxylation is 2. The highest BCUT2D eigenvalue weighted by Gasteiger charge is 2.31. The summed E-state index contributed by atoms with van der Waals surface area (Å²) in [7, 11) is 0. The predicted octanol–water partition coefficient (Wildman–Crippen LogP) is 3.57. The number of aliphatic hydroxyl groups is 1. The molecule has 2 saturated carbocycles. The Bertz CT molecular complexity index is 1370. The van der Waals surface area contributed by atoms with Crippen LogP contribution in [0.1, 0.15) is 60.6 Å². The molecule has 3 aromatic rings. The van der Waals surface area contributed by atoms with Crippen LogP contribution in [-0.4, -0.2) is 57.2 Å². The lowest BCUT2D eigenvalue weighted by Crippen LogP contribution is -2.48. The lowest BCUT2D eigenvalue weighted by atomic mass is 9.82. The Kier molecular flexibility index (Phi) is 7.34. The number of aliphatic hydroxyl groups excluding tert-OH is 1. The normalized spacial score (nSPS) is 21.3. The van der Waals surface area contributed by atoms with Crippen molar-refractivity contribution < 1.29 is 23.8 Å². The lowest BCUT2D eigenvalue weighted by molar-refractivity contribution is -0.124. The summed E-state index contributed by atoms with van der Waals surface area (Å²) < 4.78 is 21.5. The molecule has 2 fully saturated rings. The molecule has 2 aliphatic carbocycles. The maximum Gasteiger partial charge on any atom is 0.255 e. The molecular weight excluding hydrogens is 489 g/mol. The van der Waals surface area contributed by atoms with Crippen molar-refractivity contribution in [1.82, 2.24) is 25.6 Å². The number of halogens is 1. The molecule has 1 aromatic carbocycles. The third-order valence-electron chi connectivity index (χ3n) is 7.70. The summed E-state index contributed by atoms with van der Waals surface area (Å²) in [6.07, 6.45) is 5.69. The van der Waals surface area contributed by atoms with E-state index < -0.39 is 12.4 Å². The number of hydrogen-bond acceptors (Lipinski definition) is 6.